The molecule has 2 aromatic heterocycles. The number of hydrogen-bond acceptors (Lipinski definition) is 6. The SMILES string of the molecule is COc1cc(CNc2nc(Cl)ncc2N)ccn1. The number of pyridine rings is 1. The molecule has 0 fully saturated rings. The molecule has 0 aromatic carbocycles. The van der Waals surface area contributed by atoms with E-state index in [2.05, 4.69) is 20.3 Å². The van der Waals surface area contributed by atoms with Crippen LogP contribution in [0.25, 0.3) is 0 Å². The largest absolute Gasteiger partial charge is 0.481 e. The van der Waals surface area contributed by atoms with Crippen molar-refractivity contribution >= 4 is 23.1 Å². The zero-order valence-corrected chi connectivity index (χ0v) is 10.5. The lowest BCUT2D eigenvalue weighted by Crippen LogP contribution is -2.05. The standard InChI is InChI=1S/C11H12ClN5O/c1-18-9-4-7(2-3-14-9)5-15-10-8(13)6-16-11(12)17-10/h2-4,6H,5,13H2,1H3,(H,15,16,17). The quantitative estimate of drug-likeness (QED) is 0.819. The predicted molar refractivity (Wildman–Crippen MR) is 69.6 cm³/mol. The lowest BCUT2D eigenvalue weighted by Gasteiger charge is -2.08. The Morgan fingerprint density at radius 3 is 3.06 bits per heavy atom. The van der Waals surface area contributed by atoms with Crippen molar-refractivity contribution in [1.29, 1.82) is 0 Å². The molecule has 2 aromatic rings. The summed E-state index contributed by atoms with van der Waals surface area (Å²) in [6.07, 6.45) is 3.14. The monoisotopic (exact) mass is 265 g/mol. The first-order valence-electron chi connectivity index (χ1n) is 5.20. The number of aromatic nitrogens is 3. The van der Waals surface area contributed by atoms with Crippen LogP contribution < -0.4 is 15.8 Å². The summed E-state index contributed by atoms with van der Waals surface area (Å²) in [7, 11) is 1.57. The van der Waals surface area contributed by atoms with Crippen LogP contribution in [-0.4, -0.2) is 22.1 Å². The summed E-state index contributed by atoms with van der Waals surface area (Å²) in [5, 5.41) is 3.23. The molecule has 0 saturated heterocycles. The van der Waals surface area contributed by atoms with Gasteiger partial charge in [0.15, 0.2) is 5.82 Å². The molecule has 18 heavy (non-hydrogen) atoms. The second-order valence-electron chi connectivity index (χ2n) is 3.50. The van der Waals surface area contributed by atoms with Crippen LogP contribution in [0.5, 0.6) is 5.88 Å². The number of methoxy groups -OCH3 is 1. The van der Waals surface area contributed by atoms with E-state index < -0.39 is 0 Å². The van der Waals surface area contributed by atoms with Crippen LogP contribution in [0, 0.1) is 0 Å². The highest BCUT2D eigenvalue weighted by Gasteiger charge is 2.03. The van der Waals surface area contributed by atoms with Crippen molar-refractivity contribution < 1.29 is 4.74 Å². The normalized spacial score (nSPS) is 10.1. The van der Waals surface area contributed by atoms with Gasteiger partial charge < -0.3 is 15.8 Å². The van der Waals surface area contributed by atoms with Crippen molar-refractivity contribution in [2.75, 3.05) is 18.2 Å². The van der Waals surface area contributed by atoms with Gasteiger partial charge in [-0.25, -0.2) is 9.97 Å². The van der Waals surface area contributed by atoms with E-state index in [0.717, 1.165) is 5.56 Å². The van der Waals surface area contributed by atoms with E-state index in [1.165, 1.54) is 6.20 Å². The summed E-state index contributed by atoms with van der Waals surface area (Å²) < 4.78 is 5.04. The molecule has 0 aliphatic rings. The van der Waals surface area contributed by atoms with Gasteiger partial charge in [0, 0.05) is 18.8 Å². The minimum atomic E-state index is 0.152. The van der Waals surface area contributed by atoms with Crippen LogP contribution in [0.4, 0.5) is 11.5 Å². The van der Waals surface area contributed by atoms with E-state index >= 15 is 0 Å². The number of halogens is 1. The van der Waals surface area contributed by atoms with Gasteiger partial charge in [0.2, 0.25) is 11.2 Å². The zero-order valence-electron chi connectivity index (χ0n) is 9.72. The predicted octanol–water partition coefficient (Wildman–Crippen LogP) is 1.73. The number of anilines is 2. The molecule has 0 radical (unpaired) electrons. The van der Waals surface area contributed by atoms with Gasteiger partial charge in [-0.15, -0.1) is 0 Å². The molecule has 2 rings (SSSR count). The molecule has 0 bridgehead atoms. The van der Waals surface area contributed by atoms with E-state index in [-0.39, 0.29) is 5.28 Å². The fraction of sp³-hybridized carbons (Fsp3) is 0.182. The second-order valence-corrected chi connectivity index (χ2v) is 3.84. The molecule has 94 valence electrons. The highest BCUT2D eigenvalue weighted by atomic mass is 35.5. The molecule has 3 N–H and O–H groups in total. The van der Waals surface area contributed by atoms with Crippen LogP contribution in [0.15, 0.2) is 24.5 Å². The van der Waals surface area contributed by atoms with E-state index in [0.29, 0.717) is 23.9 Å². The molecule has 0 unspecified atom stereocenters. The van der Waals surface area contributed by atoms with Crippen molar-refractivity contribution in [3.05, 3.63) is 35.4 Å². The summed E-state index contributed by atoms with van der Waals surface area (Å²) >= 11 is 5.70. The zero-order chi connectivity index (χ0) is 13.0. The number of ether oxygens (including phenoxy) is 1. The Morgan fingerprint density at radius 1 is 1.44 bits per heavy atom. The molecular weight excluding hydrogens is 254 g/mol. The molecule has 6 nitrogen and oxygen atoms in total. The third-order valence-electron chi connectivity index (χ3n) is 2.26. The topological polar surface area (TPSA) is 86.0 Å². The highest BCUT2D eigenvalue weighted by Crippen LogP contribution is 2.17. The molecular formula is C11H12ClN5O. The van der Waals surface area contributed by atoms with Crippen molar-refractivity contribution in [2.24, 2.45) is 0 Å². The second kappa shape index (κ2) is 5.50. The van der Waals surface area contributed by atoms with Crippen molar-refractivity contribution in [3.8, 4) is 5.88 Å². The summed E-state index contributed by atoms with van der Waals surface area (Å²) in [4.78, 5) is 11.8. The van der Waals surface area contributed by atoms with Gasteiger partial charge in [0.1, 0.15) is 0 Å². The lowest BCUT2D eigenvalue weighted by molar-refractivity contribution is 0.397. The van der Waals surface area contributed by atoms with Crippen LogP contribution in [0.3, 0.4) is 0 Å². The number of rotatable bonds is 4. The Bertz CT molecular complexity index is 549. The van der Waals surface area contributed by atoms with Gasteiger partial charge in [-0.3, -0.25) is 0 Å². The molecule has 0 atom stereocenters. The highest BCUT2D eigenvalue weighted by molar-refractivity contribution is 6.28. The van der Waals surface area contributed by atoms with Gasteiger partial charge in [-0.2, -0.15) is 4.98 Å². The summed E-state index contributed by atoms with van der Waals surface area (Å²) in [5.74, 6) is 1.06. The number of nitrogens with two attached hydrogens (primary N) is 1. The molecule has 0 spiro atoms. The molecule has 0 aliphatic heterocycles. The van der Waals surface area contributed by atoms with Crippen LogP contribution in [0.1, 0.15) is 5.56 Å². The van der Waals surface area contributed by atoms with Crippen molar-refractivity contribution in [2.45, 2.75) is 6.54 Å². The number of hydrogen-bond donors (Lipinski definition) is 2. The molecule has 0 aliphatic carbocycles. The first kappa shape index (κ1) is 12.4. The average molecular weight is 266 g/mol. The molecule has 0 amide bonds. The third kappa shape index (κ3) is 2.98. The van der Waals surface area contributed by atoms with Gasteiger partial charge in [0.05, 0.1) is 19.0 Å². The summed E-state index contributed by atoms with van der Waals surface area (Å²) in [6.45, 7) is 0.538. The van der Waals surface area contributed by atoms with Gasteiger partial charge in [0.25, 0.3) is 0 Å². The van der Waals surface area contributed by atoms with Crippen molar-refractivity contribution in [1.82, 2.24) is 15.0 Å². The first-order valence-corrected chi connectivity index (χ1v) is 5.57. The Morgan fingerprint density at radius 2 is 2.28 bits per heavy atom. The van der Waals surface area contributed by atoms with Crippen LogP contribution in [0.2, 0.25) is 5.28 Å². The summed E-state index contributed by atoms with van der Waals surface area (Å²) in [5.41, 5.74) is 7.17. The van der Waals surface area contributed by atoms with E-state index in [1.807, 2.05) is 12.1 Å². The number of nitrogens with one attached hydrogen (secondary N) is 1. The maximum atomic E-state index is 5.73. The Balaban J connectivity index is 2.08. The molecule has 0 saturated carbocycles. The van der Waals surface area contributed by atoms with E-state index in [9.17, 15) is 0 Å². The number of nitrogens with zero attached hydrogens (tertiary/aromatic N) is 3. The minimum Gasteiger partial charge on any atom is -0.481 e. The fourth-order valence-corrected chi connectivity index (χ4v) is 1.50. The van der Waals surface area contributed by atoms with Crippen molar-refractivity contribution in [3.63, 3.8) is 0 Å². The third-order valence-corrected chi connectivity index (χ3v) is 2.44. The van der Waals surface area contributed by atoms with Crippen LogP contribution in [-0.2, 0) is 6.54 Å². The summed E-state index contributed by atoms with van der Waals surface area (Å²) in [6, 6.07) is 3.69. The Kier molecular flexibility index (Phi) is 3.78. The van der Waals surface area contributed by atoms with E-state index in [4.69, 9.17) is 22.1 Å². The van der Waals surface area contributed by atoms with E-state index in [1.54, 1.807) is 13.3 Å². The molecule has 2 heterocycles. The number of nitrogen functional groups attached to an aromatic ring is 1. The van der Waals surface area contributed by atoms with Crippen LogP contribution >= 0.6 is 11.6 Å². The average Bonchev–Trinajstić information content (AvgIpc) is 2.40. The maximum Gasteiger partial charge on any atom is 0.224 e. The smallest absolute Gasteiger partial charge is 0.224 e. The Hall–Kier alpha value is -2.08. The van der Waals surface area contributed by atoms with Gasteiger partial charge in [-0.05, 0) is 23.2 Å². The molecule has 7 heteroatoms. The van der Waals surface area contributed by atoms with Gasteiger partial charge >= 0.3 is 0 Å². The Labute approximate surface area is 109 Å². The fourth-order valence-electron chi connectivity index (χ4n) is 1.37. The lowest BCUT2D eigenvalue weighted by atomic mass is 10.2. The maximum absolute atomic E-state index is 5.73. The minimum absolute atomic E-state index is 0.152. The first-order chi connectivity index (χ1) is 8.69. The van der Waals surface area contributed by atoms with Gasteiger partial charge in [-0.1, -0.05) is 0 Å².